The lowest BCUT2D eigenvalue weighted by Crippen LogP contribution is -2.11. The second-order valence-corrected chi connectivity index (χ2v) is 3.66. The molecule has 2 aromatic heterocycles. The minimum absolute atomic E-state index is 0.741. The molecule has 0 aliphatic rings. The van der Waals surface area contributed by atoms with Gasteiger partial charge in [-0.05, 0) is 13.5 Å². The number of rotatable bonds is 4. The van der Waals surface area contributed by atoms with Crippen molar-refractivity contribution in [2.24, 2.45) is 7.05 Å². The largest absolute Gasteiger partial charge is 0.314 e. The van der Waals surface area contributed by atoms with Gasteiger partial charge in [0, 0.05) is 13.6 Å². The van der Waals surface area contributed by atoms with Crippen molar-refractivity contribution in [2.75, 3.05) is 7.05 Å². The summed E-state index contributed by atoms with van der Waals surface area (Å²) < 4.78 is 3.64. The zero-order valence-electron chi connectivity index (χ0n) is 9.80. The Morgan fingerprint density at radius 3 is 2.94 bits per heavy atom. The Bertz CT molecular complexity index is 469. The highest BCUT2D eigenvalue weighted by molar-refractivity contribution is 5.34. The third-order valence-corrected chi connectivity index (χ3v) is 2.42. The summed E-state index contributed by atoms with van der Waals surface area (Å²) in [5.74, 6) is 0. The van der Waals surface area contributed by atoms with Gasteiger partial charge in [-0.2, -0.15) is 5.10 Å². The van der Waals surface area contributed by atoms with E-state index in [1.807, 2.05) is 25.0 Å². The summed E-state index contributed by atoms with van der Waals surface area (Å²) in [4.78, 5) is 0. The van der Waals surface area contributed by atoms with Gasteiger partial charge < -0.3 is 5.32 Å². The van der Waals surface area contributed by atoms with E-state index in [9.17, 15) is 0 Å². The SMILES string of the molecule is CCc1nn(C)cc1-n1nncc1CNC. The van der Waals surface area contributed by atoms with Gasteiger partial charge in [0.1, 0.15) is 5.69 Å². The maximum atomic E-state index is 4.39. The molecule has 6 nitrogen and oxygen atoms in total. The summed E-state index contributed by atoms with van der Waals surface area (Å²) in [5, 5.41) is 15.5. The van der Waals surface area contributed by atoms with Crippen LogP contribution >= 0.6 is 0 Å². The zero-order chi connectivity index (χ0) is 11.5. The van der Waals surface area contributed by atoms with Gasteiger partial charge >= 0.3 is 0 Å². The van der Waals surface area contributed by atoms with Crippen molar-refractivity contribution >= 4 is 0 Å². The molecule has 2 heterocycles. The molecule has 0 radical (unpaired) electrons. The smallest absolute Gasteiger partial charge is 0.108 e. The predicted octanol–water partition coefficient (Wildman–Crippen LogP) is 0.283. The van der Waals surface area contributed by atoms with Crippen LogP contribution in [0.1, 0.15) is 18.3 Å². The molecule has 0 bridgehead atoms. The molecular weight excluding hydrogens is 204 g/mol. The number of nitrogens with zero attached hydrogens (tertiary/aromatic N) is 5. The molecule has 2 rings (SSSR count). The maximum absolute atomic E-state index is 4.39. The van der Waals surface area contributed by atoms with Crippen LogP contribution in [-0.4, -0.2) is 31.8 Å². The van der Waals surface area contributed by atoms with Crippen molar-refractivity contribution < 1.29 is 0 Å². The van der Waals surface area contributed by atoms with Crippen molar-refractivity contribution in [3.63, 3.8) is 0 Å². The average Bonchev–Trinajstić information content (AvgIpc) is 2.84. The first-order valence-electron chi connectivity index (χ1n) is 5.33. The van der Waals surface area contributed by atoms with E-state index in [-0.39, 0.29) is 0 Å². The van der Waals surface area contributed by atoms with Crippen LogP contribution in [0.4, 0.5) is 0 Å². The molecule has 0 aliphatic heterocycles. The van der Waals surface area contributed by atoms with Crippen LogP contribution < -0.4 is 5.32 Å². The predicted molar refractivity (Wildman–Crippen MR) is 60.3 cm³/mol. The van der Waals surface area contributed by atoms with E-state index in [2.05, 4.69) is 27.7 Å². The Morgan fingerprint density at radius 2 is 2.25 bits per heavy atom. The fraction of sp³-hybridized carbons (Fsp3) is 0.500. The van der Waals surface area contributed by atoms with E-state index in [0.717, 1.165) is 30.0 Å². The lowest BCUT2D eigenvalue weighted by Gasteiger charge is -2.04. The number of hydrogen-bond acceptors (Lipinski definition) is 4. The quantitative estimate of drug-likeness (QED) is 0.804. The van der Waals surface area contributed by atoms with Crippen molar-refractivity contribution in [3.8, 4) is 5.69 Å². The molecule has 0 atom stereocenters. The number of aryl methyl sites for hydroxylation is 2. The molecule has 0 aromatic carbocycles. The lowest BCUT2D eigenvalue weighted by atomic mass is 10.3. The topological polar surface area (TPSA) is 60.6 Å². The minimum atomic E-state index is 0.741. The van der Waals surface area contributed by atoms with Crippen molar-refractivity contribution in [1.82, 2.24) is 30.1 Å². The van der Waals surface area contributed by atoms with Gasteiger partial charge in [0.05, 0.1) is 23.8 Å². The summed E-state index contributed by atoms with van der Waals surface area (Å²) in [6.07, 6.45) is 4.62. The molecule has 0 fully saturated rings. The average molecular weight is 220 g/mol. The Balaban J connectivity index is 2.45. The summed E-state index contributed by atoms with van der Waals surface area (Å²) in [6.45, 7) is 2.82. The van der Waals surface area contributed by atoms with Crippen molar-refractivity contribution in [3.05, 3.63) is 23.8 Å². The van der Waals surface area contributed by atoms with Crippen LogP contribution in [-0.2, 0) is 20.0 Å². The van der Waals surface area contributed by atoms with E-state index in [0.29, 0.717) is 0 Å². The van der Waals surface area contributed by atoms with Crippen LogP contribution in [0, 0.1) is 0 Å². The van der Waals surface area contributed by atoms with E-state index < -0.39 is 0 Å². The highest BCUT2D eigenvalue weighted by Crippen LogP contribution is 2.14. The van der Waals surface area contributed by atoms with E-state index in [4.69, 9.17) is 0 Å². The minimum Gasteiger partial charge on any atom is -0.314 e. The summed E-state index contributed by atoms with van der Waals surface area (Å²) in [7, 11) is 3.82. The molecule has 86 valence electrons. The van der Waals surface area contributed by atoms with Crippen LogP contribution in [0.15, 0.2) is 12.4 Å². The zero-order valence-corrected chi connectivity index (χ0v) is 9.80. The third-order valence-electron chi connectivity index (χ3n) is 2.42. The van der Waals surface area contributed by atoms with E-state index in [1.165, 1.54) is 0 Å². The molecule has 6 heteroatoms. The first-order valence-corrected chi connectivity index (χ1v) is 5.33. The second-order valence-electron chi connectivity index (χ2n) is 3.66. The van der Waals surface area contributed by atoms with Crippen LogP contribution in [0.3, 0.4) is 0 Å². The molecule has 0 saturated carbocycles. The first kappa shape index (κ1) is 10.8. The van der Waals surface area contributed by atoms with E-state index in [1.54, 1.807) is 10.9 Å². The lowest BCUT2D eigenvalue weighted by molar-refractivity contribution is 0.709. The number of nitrogens with one attached hydrogen (secondary N) is 1. The van der Waals surface area contributed by atoms with Gasteiger partial charge in [-0.15, -0.1) is 5.10 Å². The fourth-order valence-electron chi connectivity index (χ4n) is 1.71. The van der Waals surface area contributed by atoms with E-state index >= 15 is 0 Å². The van der Waals surface area contributed by atoms with Gasteiger partial charge in [0.15, 0.2) is 0 Å². The maximum Gasteiger partial charge on any atom is 0.108 e. The monoisotopic (exact) mass is 220 g/mol. The Hall–Kier alpha value is -1.69. The summed E-state index contributed by atoms with van der Waals surface area (Å²) in [6, 6.07) is 0. The molecule has 16 heavy (non-hydrogen) atoms. The Morgan fingerprint density at radius 1 is 1.44 bits per heavy atom. The highest BCUT2D eigenvalue weighted by atomic mass is 15.4. The van der Waals surface area contributed by atoms with Gasteiger partial charge in [0.25, 0.3) is 0 Å². The van der Waals surface area contributed by atoms with Crippen LogP contribution in [0.2, 0.25) is 0 Å². The van der Waals surface area contributed by atoms with Crippen molar-refractivity contribution in [2.45, 2.75) is 19.9 Å². The Kier molecular flexibility index (Phi) is 3.00. The molecular formula is C10H16N6. The molecule has 0 spiro atoms. The van der Waals surface area contributed by atoms with Crippen LogP contribution in [0.25, 0.3) is 5.69 Å². The molecule has 2 aromatic rings. The van der Waals surface area contributed by atoms with Gasteiger partial charge in [-0.3, -0.25) is 4.68 Å². The Labute approximate surface area is 94.3 Å². The van der Waals surface area contributed by atoms with Gasteiger partial charge in [0.2, 0.25) is 0 Å². The van der Waals surface area contributed by atoms with Gasteiger partial charge in [-0.1, -0.05) is 12.1 Å². The van der Waals surface area contributed by atoms with Gasteiger partial charge in [-0.25, -0.2) is 4.68 Å². The number of aromatic nitrogens is 5. The van der Waals surface area contributed by atoms with Crippen molar-refractivity contribution in [1.29, 1.82) is 0 Å². The standard InChI is InChI=1S/C10H16N6/c1-4-9-10(7-15(3)13-9)16-8(5-11-2)6-12-14-16/h6-7,11H,4-5H2,1-3H3. The third kappa shape index (κ3) is 1.83. The fourth-order valence-corrected chi connectivity index (χ4v) is 1.71. The summed E-state index contributed by atoms with van der Waals surface area (Å²) >= 11 is 0. The molecule has 0 amide bonds. The molecule has 0 saturated heterocycles. The van der Waals surface area contributed by atoms with Crippen LogP contribution in [0.5, 0.6) is 0 Å². The normalized spacial score (nSPS) is 10.9. The molecule has 0 aliphatic carbocycles. The first-order chi connectivity index (χ1) is 7.76. The highest BCUT2D eigenvalue weighted by Gasteiger charge is 2.12. The second kappa shape index (κ2) is 4.44. The molecule has 0 unspecified atom stereocenters. The number of hydrogen-bond donors (Lipinski definition) is 1. The summed E-state index contributed by atoms with van der Waals surface area (Å²) in [5.41, 5.74) is 3.07. The molecule has 1 N–H and O–H groups in total.